The highest BCUT2D eigenvalue weighted by Gasteiger charge is 2.24. The van der Waals surface area contributed by atoms with Gasteiger partial charge in [-0.15, -0.1) is 0 Å². The first-order chi connectivity index (χ1) is 7.29. The van der Waals surface area contributed by atoms with Crippen LogP contribution in [0.2, 0.25) is 0 Å². The highest BCUT2D eigenvalue weighted by molar-refractivity contribution is 5.79. The molecule has 1 N–H and O–H groups in total. The Labute approximate surface area is 86.2 Å². The van der Waals surface area contributed by atoms with E-state index in [9.17, 15) is 4.79 Å². The number of carboxylic acid groups (broad SMARTS) is 1. The van der Waals surface area contributed by atoms with Gasteiger partial charge in [-0.25, -0.2) is 4.98 Å². The van der Waals surface area contributed by atoms with Crippen LogP contribution < -0.4 is 0 Å². The van der Waals surface area contributed by atoms with Crippen molar-refractivity contribution in [2.45, 2.75) is 5.92 Å². The summed E-state index contributed by atoms with van der Waals surface area (Å²) in [5, 5.41) is 9.11. The summed E-state index contributed by atoms with van der Waals surface area (Å²) in [6.07, 6.45) is 2.65. The van der Waals surface area contributed by atoms with Crippen molar-refractivity contribution in [1.82, 2.24) is 4.98 Å². The van der Waals surface area contributed by atoms with E-state index in [0.29, 0.717) is 11.3 Å². The average Bonchev–Trinajstić information content (AvgIpc) is 2.72. The lowest BCUT2D eigenvalue weighted by molar-refractivity contribution is -0.138. The molecule has 0 aliphatic carbocycles. The van der Waals surface area contributed by atoms with Crippen molar-refractivity contribution < 1.29 is 14.3 Å². The first kappa shape index (κ1) is 9.45. The fourth-order valence-corrected chi connectivity index (χ4v) is 1.44. The minimum atomic E-state index is -0.946. The topological polar surface area (TPSA) is 63.3 Å². The maximum absolute atomic E-state index is 11.1. The Bertz CT molecular complexity index is 436. The highest BCUT2D eigenvalue weighted by atomic mass is 16.4. The molecule has 0 amide bonds. The predicted octanol–water partition coefficient (Wildman–Crippen LogP) is 1.89. The molecule has 1 aromatic heterocycles. The molecule has 0 saturated heterocycles. The molecule has 0 radical (unpaired) electrons. The Morgan fingerprint density at radius 2 is 2.07 bits per heavy atom. The largest absolute Gasteiger partial charge is 0.480 e. The Morgan fingerprint density at radius 1 is 1.33 bits per heavy atom. The smallest absolute Gasteiger partial charge is 0.318 e. The van der Waals surface area contributed by atoms with E-state index in [0.717, 1.165) is 0 Å². The maximum Gasteiger partial charge on any atom is 0.318 e. The fraction of sp³-hybridized carbons (Fsp3) is 0.0909. The third-order valence-corrected chi connectivity index (χ3v) is 2.12. The summed E-state index contributed by atoms with van der Waals surface area (Å²) in [6.45, 7) is 0. The maximum atomic E-state index is 11.1. The molecule has 15 heavy (non-hydrogen) atoms. The number of aliphatic carboxylic acids is 1. The third kappa shape index (κ3) is 1.88. The Kier molecular flexibility index (Phi) is 2.49. The molecule has 0 aliphatic rings. The van der Waals surface area contributed by atoms with Gasteiger partial charge in [0.1, 0.15) is 11.7 Å². The number of aromatic nitrogens is 1. The summed E-state index contributed by atoms with van der Waals surface area (Å²) in [5.41, 5.74) is 0.682. The number of oxazole rings is 1. The molecule has 4 nitrogen and oxygen atoms in total. The lowest BCUT2D eigenvalue weighted by atomic mass is 9.97. The van der Waals surface area contributed by atoms with Gasteiger partial charge in [0.05, 0.1) is 6.20 Å². The number of benzene rings is 1. The van der Waals surface area contributed by atoms with E-state index in [1.54, 1.807) is 24.3 Å². The molecule has 0 bridgehead atoms. The molecule has 0 saturated carbocycles. The predicted molar refractivity (Wildman–Crippen MR) is 52.4 cm³/mol. The van der Waals surface area contributed by atoms with Gasteiger partial charge in [0, 0.05) is 0 Å². The van der Waals surface area contributed by atoms with Crippen molar-refractivity contribution in [3.8, 4) is 0 Å². The van der Waals surface area contributed by atoms with Crippen LogP contribution in [0.5, 0.6) is 0 Å². The average molecular weight is 203 g/mol. The van der Waals surface area contributed by atoms with Crippen LogP contribution in [0.3, 0.4) is 0 Å². The quantitative estimate of drug-likeness (QED) is 0.827. The van der Waals surface area contributed by atoms with Crippen molar-refractivity contribution in [1.29, 1.82) is 0 Å². The Morgan fingerprint density at radius 3 is 2.60 bits per heavy atom. The minimum Gasteiger partial charge on any atom is -0.480 e. The molecule has 1 heterocycles. The van der Waals surface area contributed by atoms with Gasteiger partial charge in [-0.2, -0.15) is 0 Å². The van der Waals surface area contributed by atoms with Gasteiger partial charge in [0.15, 0.2) is 6.39 Å². The zero-order valence-electron chi connectivity index (χ0n) is 7.83. The summed E-state index contributed by atoms with van der Waals surface area (Å²) in [6, 6.07) is 8.93. The van der Waals surface area contributed by atoms with E-state index in [-0.39, 0.29) is 0 Å². The van der Waals surface area contributed by atoms with Gasteiger partial charge < -0.3 is 9.52 Å². The summed E-state index contributed by atoms with van der Waals surface area (Å²) < 4.78 is 5.02. The third-order valence-electron chi connectivity index (χ3n) is 2.12. The molecule has 0 aliphatic heterocycles. The van der Waals surface area contributed by atoms with E-state index >= 15 is 0 Å². The lowest BCUT2D eigenvalue weighted by Crippen LogP contribution is -2.12. The molecule has 1 aromatic carbocycles. The zero-order chi connectivity index (χ0) is 10.7. The van der Waals surface area contributed by atoms with Crippen LogP contribution in [0, 0.1) is 0 Å². The number of rotatable bonds is 3. The van der Waals surface area contributed by atoms with Crippen LogP contribution in [0.1, 0.15) is 17.2 Å². The number of hydrogen-bond donors (Lipinski definition) is 1. The summed E-state index contributed by atoms with van der Waals surface area (Å²) in [5.74, 6) is -1.39. The standard InChI is InChI=1S/C11H9NO3/c13-11(14)10(9-6-12-7-15-9)8-4-2-1-3-5-8/h1-7,10H,(H,13,14). The van der Waals surface area contributed by atoms with Gasteiger partial charge >= 0.3 is 5.97 Å². The first-order valence-corrected chi connectivity index (χ1v) is 4.45. The van der Waals surface area contributed by atoms with Gasteiger partial charge in [-0.1, -0.05) is 30.3 Å². The van der Waals surface area contributed by atoms with Crippen LogP contribution >= 0.6 is 0 Å². The summed E-state index contributed by atoms with van der Waals surface area (Å²) in [7, 11) is 0. The molecule has 2 aromatic rings. The Hall–Kier alpha value is -2.10. The van der Waals surface area contributed by atoms with Crippen LogP contribution in [0.25, 0.3) is 0 Å². The normalized spacial score (nSPS) is 12.3. The number of carbonyl (C=O) groups is 1. The SMILES string of the molecule is O=C(O)C(c1ccccc1)c1cnco1. The molecule has 1 atom stereocenters. The second-order valence-corrected chi connectivity index (χ2v) is 3.09. The van der Waals surface area contributed by atoms with Crippen molar-refractivity contribution in [2.75, 3.05) is 0 Å². The molecule has 2 rings (SSSR count). The lowest BCUT2D eigenvalue weighted by Gasteiger charge is -2.08. The van der Waals surface area contributed by atoms with E-state index in [4.69, 9.17) is 9.52 Å². The molecule has 0 spiro atoms. The van der Waals surface area contributed by atoms with E-state index in [2.05, 4.69) is 4.98 Å². The van der Waals surface area contributed by atoms with E-state index < -0.39 is 11.9 Å². The Balaban J connectivity index is 2.42. The van der Waals surface area contributed by atoms with Crippen molar-refractivity contribution in [3.05, 3.63) is 54.2 Å². The summed E-state index contributed by atoms with van der Waals surface area (Å²) >= 11 is 0. The molecular weight excluding hydrogens is 194 g/mol. The van der Waals surface area contributed by atoms with Gasteiger partial charge in [0.25, 0.3) is 0 Å². The number of carboxylic acids is 1. The van der Waals surface area contributed by atoms with Crippen LogP contribution in [-0.2, 0) is 4.79 Å². The summed E-state index contributed by atoms with van der Waals surface area (Å²) in [4.78, 5) is 14.8. The molecular formula is C11H9NO3. The van der Waals surface area contributed by atoms with Crippen LogP contribution in [0.4, 0.5) is 0 Å². The van der Waals surface area contributed by atoms with Crippen LogP contribution in [0.15, 0.2) is 47.3 Å². The van der Waals surface area contributed by atoms with Crippen molar-refractivity contribution >= 4 is 5.97 Å². The van der Waals surface area contributed by atoms with E-state index in [1.807, 2.05) is 6.07 Å². The van der Waals surface area contributed by atoms with Crippen LogP contribution in [-0.4, -0.2) is 16.1 Å². The second-order valence-electron chi connectivity index (χ2n) is 3.09. The number of hydrogen-bond acceptors (Lipinski definition) is 3. The monoisotopic (exact) mass is 203 g/mol. The van der Waals surface area contributed by atoms with Gasteiger partial charge in [0.2, 0.25) is 0 Å². The zero-order valence-corrected chi connectivity index (χ0v) is 7.83. The van der Waals surface area contributed by atoms with Crippen molar-refractivity contribution in [2.24, 2.45) is 0 Å². The van der Waals surface area contributed by atoms with Crippen molar-refractivity contribution in [3.63, 3.8) is 0 Å². The fourth-order valence-electron chi connectivity index (χ4n) is 1.44. The van der Waals surface area contributed by atoms with E-state index in [1.165, 1.54) is 12.6 Å². The highest BCUT2D eigenvalue weighted by Crippen LogP contribution is 2.24. The van der Waals surface area contributed by atoms with Gasteiger partial charge in [-0.3, -0.25) is 4.79 Å². The molecule has 76 valence electrons. The molecule has 1 unspecified atom stereocenters. The molecule has 4 heteroatoms. The minimum absolute atomic E-state index is 0.341. The number of nitrogens with zero attached hydrogens (tertiary/aromatic N) is 1. The first-order valence-electron chi connectivity index (χ1n) is 4.45. The van der Waals surface area contributed by atoms with Gasteiger partial charge in [-0.05, 0) is 5.56 Å². The second kappa shape index (κ2) is 3.96. The molecule has 0 fully saturated rings.